The molecule has 1 saturated carbocycles. The number of aromatic amines is 1. The maximum Gasteiger partial charge on any atom is 0.239 e. The Labute approximate surface area is 174 Å². The van der Waals surface area contributed by atoms with E-state index in [9.17, 15) is 13.2 Å². The third kappa shape index (κ3) is 4.22. The molecule has 1 fully saturated rings. The smallest absolute Gasteiger partial charge is 0.239 e. The molecule has 0 aliphatic heterocycles. The molecule has 6 nitrogen and oxygen atoms in total. The van der Waals surface area contributed by atoms with Gasteiger partial charge in [0.05, 0.1) is 10.5 Å². The van der Waals surface area contributed by atoms with Crippen LogP contribution in [0.4, 0.5) is 0 Å². The predicted octanol–water partition coefficient (Wildman–Crippen LogP) is 4.22. The largest absolute Gasteiger partial charge is 0.289 e. The highest BCUT2D eigenvalue weighted by Gasteiger charge is 2.19. The molecule has 152 valence electrons. The van der Waals surface area contributed by atoms with Gasteiger partial charge in [-0.05, 0) is 43.0 Å². The van der Waals surface area contributed by atoms with Gasteiger partial charge in [-0.25, -0.2) is 13.6 Å². The average Bonchev–Trinajstić information content (AvgIpc) is 3.34. The number of carbonyl (C=O) groups excluding carboxylic acids is 1. The van der Waals surface area contributed by atoms with Crippen molar-refractivity contribution in [3.05, 3.63) is 58.2 Å². The molecule has 1 aliphatic carbocycles. The van der Waals surface area contributed by atoms with E-state index in [0.717, 1.165) is 35.4 Å². The number of carbonyl (C=O) groups is 1. The van der Waals surface area contributed by atoms with Crippen molar-refractivity contribution in [3.8, 4) is 0 Å². The number of ketones is 1. The molecular formula is C21H22ClN3O3S. The van der Waals surface area contributed by atoms with E-state index in [0.29, 0.717) is 5.56 Å². The summed E-state index contributed by atoms with van der Waals surface area (Å²) in [5.41, 5.74) is 2.44. The van der Waals surface area contributed by atoms with E-state index in [2.05, 4.69) is 10.2 Å². The number of benzene rings is 2. The molecule has 0 saturated heterocycles. The van der Waals surface area contributed by atoms with Gasteiger partial charge < -0.3 is 0 Å². The van der Waals surface area contributed by atoms with Gasteiger partial charge in [0.1, 0.15) is 4.90 Å². The molecule has 0 radical (unpaired) electrons. The number of nitrogens with two attached hydrogens (primary N) is 1. The Balaban J connectivity index is 1.59. The number of nitrogens with one attached hydrogen (secondary N) is 1. The topological polar surface area (TPSA) is 106 Å². The van der Waals surface area contributed by atoms with Crippen LogP contribution in [-0.4, -0.2) is 24.4 Å². The monoisotopic (exact) mass is 431 g/mol. The SMILES string of the molecule is NS(=O)(=O)c1cc(C(=O)c2ccc3c(CCC4CCCC4)[nH]nc3c2)ccc1Cl. The molecule has 0 amide bonds. The molecule has 3 N–H and O–H groups in total. The van der Waals surface area contributed by atoms with Gasteiger partial charge in [0, 0.05) is 22.2 Å². The molecule has 0 spiro atoms. The highest BCUT2D eigenvalue weighted by molar-refractivity contribution is 7.89. The van der Waals surface area contributed by atoms with Crippen molar-refractivity contribution < 1.29 is 13.2 Å². The van der Waals surface area contributed by atoms with E-state index in [1.54, 1.807) is 12.1 Å². The Hall–Kier alpha value is -2.22. The number of hydrogen-bond acceptors (Lipinski definition) is 4. The molecule has 1 aromatic heterocycles. The maximum atomic E-state index is 12.9. The van der Waals surface area contributed by atoms with Crippen molar-refractivity contribution in [1.29, 1.82) is 0 Å². The molecule has 1 aliphatic rings. The van der Waals surface area contributed by atoms with Gasteiger partial charge >= 0.3 is 0 Å². The second kappa shape index (κ2) is 7.89. The summed E-state index contributed by atoms with van der Waals surface area (Å²) in [4.78, 5) is 12.6. The lowest BCUT2D eigenvalue weighted by atomic mass is 9.98. The average molecular weight is 432 g/mol. The zero-order valence-corrected chi connectivity index (χ0v) is 17.4. The lowest BCUT2D eigenvalue weighted by Gasteiger charge is -2.07. The van der Waals surface area contributed by atoms with Crippen LogP contribution in [0.2, 0.25) is 5.02 Å². The Morgan fingerprint density at radius 2 is 1.83 bits per heavy atom. The summed E-state index contributed by atoms with van der Waals surface area (Å²) in [5.74, 6) is 0.482. The molecule has 1 heterocycles. The van der Waals surface area contributed by atoms with E-state index in [4.69, 9.17) is 16.7 Å². The Bertz CT molecular complexity index is 1180. The van der Waals surface area contributed by atoms with Gasteiger partial charge in [0.15, 0.2) is 5.78 Å². The quantitative estimate of drug-likeness (QED) is 0.570. The highest BCUT2D eigenvalue weighted by Crippen LogP contribution is 2.30. The van der Waals surface area contributed by atoms with E-state index in [-0.39, 0.29) is 21.3 Å². The molecule has 8 heteroatoms. The van der Waals surface area contributed by atoms with E-state index in [1.807, 2.05) is 6.07 Å². The zero-order chi connectivity index (χ0) is 20.6. The van der Waals surface area contributed by atoms with E-state index >= 15 is 0 Å². The van der Waals surface area contributed by atoms with Gasteiger partial charge in [-0.15, -0.1) is 0 Å². The van der Waals surface area contributed by atoms with Crippen LogP contribution in [-0.2, 0) is 16.4 Å². The van der Waals surface area contributed by atoms with Gasteiger partial charge in [-0.2, -0.15) is 5.10 Å². The van der Waals surface area contributed by atoms with Crippen molar-refractivity contribution in [2.45, 2.75) is 43.4 Å². The van der Waals surface area contributed by atoms with Crippen LogP contribution >= 0.6 is 11.6 Å². The number of aryl methyl sites for hydroxylation is 1. The third-order valence-corrected chi connectivity index (χ3v) is 7.07. The summed E-state index contributed by atoms with van der Waals surface area (Å²) in [5, 5.41) is 13.6. The summed E-state index contributed by atoms with van der Waals surface area (Å²) in [6.07, 6.45) is 7.39. The summed E-state index contributed by atoms with van der Waals surface area (Å²) in [6, 6.07) is 9.42. The fraction of sp³-hybridized carbons (Fsp3) is 0.333. The van der Waals surface area contributed by atoms with Crippen LogP contribution in [0.25, 0.3) is 10.9 Å². The van der Waals surface area contributed by atoms with Gasteiger partial charge in [0.2, 0.25) is 10.0 Å². The first-order valence-electron chi connectivity index (χ1n) is 9.67. The minimum atomic E-state index is -4.02. The number of sulfonamides is 1. The molecule has 3 aromatic rings. The molecule has 2 aromatic carbocycles. The maximum absolute atomic E-state index is 12.9. The fourth-order valence-electron chi connectivity index (χ4n) is 4.08. The first kappa shape index (κ1) is 20.1. The van der Waals surface area contributed by atoms with Gasteiger partial charge in [-0.1, -0.05) is 49.4 Å². The first-order chi connectivity index (χ1) is 13.8. The van der Waals surface area contributed by atoms with Crippen LogP contribution < -0.4 is 5.14 Å². The van der Waals surface area contributed by atoms with E-state index in [1.165, 1.54) is 43.9 Å². The Morgan fingerprint density at radius 1 is 1.14 bits per heavy atom. The molecule has 0 bridgehead atoms. The van der Waals surface area contributed by atoms with Crippen molar-refractivity contribution in [2.75, 3.05) is 0 Å². The van der Waals surface area contributed by atoms with Crippen molar-refractivity contribution >= 4 is 38.3 Å². The lowest BCUT2D eigenvalue weighted by Crippen LogP contribution is -2.14. The number of halogens is 1. The van der Waals surface area contributed by atoms with Crippen molar-refractivity contribution in [2.24, 2.45) is 11.1 Å². The molecule has 29 heavy (non-hydrogen) atoms. The second-order valence-corrected chi connectivity index (χ2v) is 9.58. The van der Waals surface area contributed by atoms with Crippen molar-refractivity contribution in [1.82, 2.24) is 10.2 Å². The summed E-state index contributed by atoms with van der Waals surface area (Å²) in [7, 11) is -4.02. The number of rotatable bonds is 6. The van der Waals surface area contributed by atoms with E-state index < -0.39 is 10.0 Å². The number of nitrogens with zero attached hydrogens (tertiary/aromatic N) is 1. The first-order valence-corrected chi connectivity index (χ1v) is 11.6. The van der Waals surface area contributed by atoms with Crippen LogP contribution in [0.5, 0.6) is 0 Å². The molecule has 4 rings (SSSR count). The summed E-state index contributed by atoms with van der Waals surface area (Å²) in [6.45, 7) is 0. The highest BCUT2D eigenvalue weighted by atomic mass is 35.5. The third-order valence-electron chi connectivity index (χ3n) is 5.67. The molecule has 0 unspecified atom stereocenters. The van der Waals surface area contributed by atoms with Gasteiger partial charge in [0.25, 0.3) is 0 Å². The number of fused-ring (bicyclic) bond motifs is 1. The summed E-state index contributed by atoms with van der Waals surface area (Å²) >= 11 is 5.90. The van der Waals surface area contributed by atoms with Crippen LogP contribution in [0.15, 0.2) is 41.3 Å². The number of aromatic nitrogens is 2. The van der Waals surface area contributed by atoms with Crippen LogP contribution in [0.1, 0.15) is 53.7 Å². The number of primary sulfonamides is 1. The van der Waals surface area contributed by atoms with Gasteiger partial charge in [-0.3, -0.25) is 9.89 Å². The fourth-order valence-corrected chi connectivity index (χ4v) is 5.15. The standard InChI is InChI=1S/C21H22ClN3O3S/c22-17-9-7-15(12-20(17)29(23,27)28)21(26)14-6-8-16-18(24-25-19(16)11-14)10-5-13-3-1-2-4-13/h6-9,11-13H,1-5,10H2,(H,24,25)(H2,23,27,28). The minimum absolute atomic E-state index is 0.0151. The second-order valence-electron chi connectivity index (χ2n) is 7.64. The Kier molecular flexibility index (Phi) is 5.46. The molecule has 0 atom stereocenters. The number of hydrogen-bond donors (Lipinski definition) is 2. The molecular weight excluding hydrogens is 410 g/mol. The van der Waals surface area contributed by atoms with Crippen LogP contribution in [0, 0.1) is 5.92 Å². The van der Waals surface area contributed by atoms with Crippen molar-refractivity contribution in [3.63, 3.8) is 0 Å². The normalized spacial score (nSPS) is 15.2. The Morgan fingerprint density at radius 3 is 2.55 bits per heavy atom. The summed E-state index contributed by atoms with van der Waals surface area (Å²) < 4.78 is 23.3. The van der Waals surface area contributed by atoms with Crippen LogP contribution in [0.3, 0.4) is 0 Å². The zero-order valence-electron chi connectivity index (χ0n) is 15.8. The predicted molar refractivity (Wildman–Crippen MR) is 113 cm³/mol. The minimum Gasteiger partial charge on any atom is -0.289 e. The lowest BCUT2D eigenvalue weighted by molar-refractivity contribution is 0.103. The number of H-pyrrole nitrogens is 1.